The van der Waals surface area contributed by atoms with Gasteiger partial charge in [0.25, 0.3) is 0 Å². The molecule has 1 aromatic rings. The molecule has 4 nitrogen and oxygen atoms in total. The van der Waals surface area contributed by atoms with E-state index in [2.05, 4.69) is 26.0 Å². The summed E-state index contributed by atoms with van der Waals surface area (Å²) >= 11 is 3.23. The first kappa shape index (κ1) is 14.9. The molecule has 0 unspecified atom stereocenters. The van der Waals surface area contributed by atoms with Crippen molar-refractivity contribution >= 4 is 26.0 Å². The quantitative estimate of drug-likeness (QED) is 0.826. The van der Waals surface area contributed by atoms with E-state index in [-0.39, 0.29) is 10.9 Å². The first-order valence-electron chi connectivity index (χ1n) is 6.15. The third-order valence-corrected chi connectivity index (χ3v) is 4.81. The number of rotatable bonds is 6. The Bertz CT molecular complexity index is 573. The third kappa shape index (κ3) is 3.75. The lowest BCUT2D eigenvalue weighted by molar-refractivity contribution is 0.543. The van der Waals surface area contributed by atoms with Crippen molar-refractivity contribution in [3.8, 4) is 0 Å². The van der Waals surface area contributed by atoms with Gasteiger partial charge >= 0.3 is 0 Å². The highest BCUT2D eigenvalue weighted by molar-refractivity contribution is 9.10. The van der Waals surface area contributed by atoms with Gasteiger partial charge in [0.1, 0.15) is 10.7 Å². The van der Waals surface area contributed by atoms with E-state index in [1.807, 2.05) is 6.92 Å². The van der Waals surface area contributed by atoms with Crippen molar-refractivity contribution < 1.29 is 12.8 Å². The van der Waals surface area contributed by atoms with Crippen LogP contribution < -0.4 is 10.0 Å². The first-order chi connectivity index (χ1) is 8.94. The van der Waals surface area contributed by atoms with Crippen LogP contribution in [-0.4, -0.2) is 21.0 Å². The van der Waals surface area contributed by atoms with Crippen LogP contribution in [0.15, 0.2) is 21.5 Å². The number of hydrogen-bond acceptors (Lipinski definition) is 3. The third-order valence-electron chi connectivity index (χ3n) is 2.83. The fourth-order valence-corrected chi connectivity index (χ4v) is 3.79. The first-order valence-corrected chi connectivity index (χ1v) is 8.42. The molecule has 1 fully saturated rings. The molecule has 1 aromatic carbocycles. The van der Waals surface area contributed by atoms with Crippen molar-refractivity contribution in [3.63, 3.8) is 0 Å². The van der Waals surface area contributed by atoms with Crippen LogP contribution >= 0.6 is 15.9 Å². The minimum Gasteiger partial charge on any atom is -0.313 e. The highest BCUT2D eigenvalue weighted by atomic mass is 79.9. The molecule has 0 amide bonds. The Morgan fingerprint density at radius 2 is 2.11 bits per heavy atom. The van der Waals surface area contributed by atoms with E-state index < -0.39 is 15.8 Å². The number of hydrogen-bond donors (Lipinski definition) is 2. The summed E-state index contributed by atoms with van der Waals surface area (Å²) in [6, 6.07) is 2.85. The molecule has 1 saturated carbocycles. The molecule has 1 aliphatic carbocycles. The summed E-state index contributed by atoms with van der Waals surface area (Å²) < 4.78 is 41.5. The van der Waals surface area contributed by atoms with Crippen molar-refractivity contribution in [2.45, 2.75) is 37.2 Å². The second-order valence-electron chi connectivity index (χ2n) is 4.55. The number of benzene rings is 1. The highest BCUT2D eigenvalue weighted by Gasteiger charge is 2.30. The maximum Gasteiger partial charge on any atom is 0.243 e. The van der Waals surface area contributed by atoms with E-state index in [9.17, 15) is 12.8 Å². The van der Waals surface area contributed by atoms with Crippen molar-refractivity contribution in [2.75, 3.05) is 6.54 Å². The lowest BCUT2D eigenvalue weighted by Crippen LogP contribution is -2.27. The highest BCUT2D eigenvalue weighted by Crippen LogP contribution is 2.27. The van der Waals surface area contributed by atoms with Gasteiger partial charge in [-0.1, -0.05) is 22.9 Å². The molecule has 0 radical (unpaired) electrons. The molecule has 7 heteroatoms. The monoisotopic (exact) mass is 350 g/mol. The second kappa shape index (κ2) is 5.87. The van der Waals surface area contributed by atoms with Gasteiger partial charge in [0.15, 0.2) is 0 Å². The average molecular weight is 351 g/mol. The standard InChI is InChI=1S/C12H16BrFN2O2S/c1-2-15-7-8-5-9(13)6-11(12(8)14)19(17,18)16-10-3-4-10/h5-6,10,15-16H,2-4,7H2,1H3. The Hall–Kier alpha value is -0.500. The van der Waals surface area contributed by atoms with E-state index in [4.69, 9.17) is 0 Å². The smallest absolute Gasteiger partial charge is 0.243 e. The topological polar surface area (TPSA) is 58.2 Å². The van der Waals surface area contributed by atoms with Gasteiger partial charge in [0.05, 0.1) is 0 Å². The summed E-state index contributed by atoms with van der Waals surface area (Å²) in [5, 5.41) is 2.99. The normalized spacial score (nSPS) is 15.7. The van der Waals surface area contributed by atoms with Crippen LogP contribution in [0.3, 0.4) is 0 Å². The zero-order chi connectivity index (χ0) is 14.0. The zero-order valence-electron chi connectivity index (χ0n) is 10.5. The maximum absolute atomic E-state index is 14.3. The molecular weight excluding hydrogens is 335 g/mol. The van der Waals surface area contributed by atoms with Gasteiger partial charge in [0.2, 0.25) is 10.0 Å². The van der Waals surface area contributed by atoms with Gasteiger partial charge in [-0.25, -0.2) is 17.5 Å². The predicted octanol–water partition coefficient (Wildman–Crippen LogP) is 2.14. The van der Waals surface area contributed by atoms with Crippen LogP contribution in [0.1, 0.15) is 25.3 Å². The number of nitrogens with one attached hydrogen (secondary N) is 2. The molecule has 0 bridgehead atoms. The Morgan fingerprint density at radius 3 is 2.68 bits per heavy atom. The summed E-state index contributed by atoms with van der Waals surface area (Å²) in [5.74, 6) is -0.683. The van der Waals surface area contributed by atoms with E-state index in [0.29, 0.717) is 23.1 Å². The molecule has 0 saturated heterocycles. The van der Waals surface area contributed by atoms with Gasteiger partial charge in [-0.2, -0.15) is 0 Å². The van der Waals surface area contributed by atoms with E-state index in [1.165, 1.54) is 6.07 Å². The fraction of sp³-hybridized carbons (Fsp3) is 0.500. The van der Waals surface area contributed by atoms with E-state index in [1.54, 1.807) is 6.07 Å². The van der Waals surface area contributed by atoms with Crippen LogP contribution in [0.25, 0.3) is 0 Å². The average Bonchev–Trinajstić information content (AvgIpc) is 3.12. The summed E-state index contributed by atoms with van der Waals surface area (Å²) in [7, 11) is -3.78. The molecule has 19 heavy (non-hydrogen) atoms. The van der Waals surface area contributed by atoms with Crippen molar-refractivity contribution in [1.82, 2.24) is 10.0 Å². The van der Waals surface area contributed by atoms with Crippen LogP contribution in [0.4, 0.5) is 4.39 Å². The molecule has 1 aliphatic rings. The fourth-order valence-electron chi connectivity index (χ4n) is 1.69. The summed E-state index contributed by atoms with van der Waals surface area (Å²) in [6.45, 7) is 2.89. The molecule has 0 atom stereocenters. The largest absolute Gasteiger partial charge is 0.313 e. The van der Waals surface area contributed by atoms with Crippen molar-refractivity contribution in [1.29, 1.82) is 0 Å². The second-order valence-corrected chi connectivity index (χ2v) is 7.15. The SMILES string of the molecule is CCNCc1cc(Br)cc(S(=O)(=O)NC2CC2)c1F. The van der Waals surface area contributed by atoms with Gasteiger partial charge in [0, 0.05) is 22.6 Å². The molecule has 106 valence electrons. The minimum absolute atomic E-state index is 0.0411. The van der Waals surface area contributed by atoms with E-state index in [0.717, 1.165) is 12.8 Å². The number of halogens is 2. The lowest BCUT2D eigenvalue weighted by atomic mass is 10.2. The molecular formula is C12H16BrFN2O2S. The van der Waals surface area contributed by atoms with Crippen LogP contribution in [0.2, 0.25) is 0 Å². The Kier molecular flexibility index (Phi) is 4.60. The van der Waals surface area contributed by atoms with Crippen molar-refractivity contribution in [3.05, 3.63) is 28.0 Å². The minimum atomic E-state index is -3.78. The van der Waals surface area contributed by atoms with Crippen LogP contribution in [-0.2, 0) is 16.6 Å². The van der Waals surface area contributed by atoms with Gasteiger partial charge in [-0.3, -0.25) is 0 Å². The Labute approximate surface area is 121 Å². The molecule has 0 heterocycles. The summed E-state index contributed by atoms with van der Waals surface area (Å²) in [5.41, 5.74) is 0.340. The van der Waals surface area contributed by atoms with Gasteiger partial charge in [-0.15, -0.1) is 0 Å². The molecule has 0 aliphatic heterocycles. The van der Waals surface area contributed by atoms with Gasteiger partial charge in [-0.05, 0) is 31.5 Å². The van der Waals surface area contributed by atoms with Crippen molar-refractivity contribution in [2.24, 2.45) is 0 Å². The zero-order valence-corrected chi connectivity index (χ0v) is 12.9. The maximum atomic E-state index is 14.3. The van der Waals surface area contributed by atoms with Crippen LogP contribution in [0, 0.1) is 5.82 Å². The Balaban J connectivity index is 2.35. The number of sulfonamides is 1. The molecule has 0 spiro atoms. The lowest BCUT2D eigenvalue weighted by Gasteiger charge is -2.11. The van der Waals surface area contributed by atoms with Gasteiger partial charge < -0.3 is 5.32 Å². The predicted molar refractivity (Wildman–Crippen MR) is 74.8 cm³/mol. The summed E-state index contributed by atoms with van der Waals surface area (Å²) in [6.07, 6.45) is 1.64. The van der Waals surface area contributed by atoms with E-state index >= 15 is 0 Å². The molecule has 2 rings (SSSR count). The van der Waals surface area contributed by atoms with Crippen LogP contribution in [0.5, 0.6) is 0 Å². The summed E-state index contributed by atoms with van der Waals surface area (Å²) in [4.78, 5) is -0.290. The molecule has 2 N–H and O–H groups in total. The Morgan fingerprint density at radius 1 is 1.42 bits per heavy atom. The molecule has 0 aromatic heterocycles.